The normalized spacial score (nSPS) is 11.0. The average Bonchev–Trinajstić information content (AvgIpc) is 2.92. The van der Waals surface area contributed by atoms with Crippen molar-refractivity contribution in [3.63, 3.8) is 0 Å². The quantitative estimate of drug-likeness (QED) is 0.718. The summed E-state index contributed by atoms with van der Waals surface area (Å²) in [7, 11) is 0. The Morgan fingerprint density at radius 3 is 2.57 bits per heavy atom. The minimum absolute atomic E-state index is 0.119. The van der Waals surface area contributed by atoms with Crippen molar-refractivity contribution in [1.29, 1.82) is 0 Å². The molecular weight excluding hydrogens is 312 g/mol. The fraction of sp³-hybridized carbons (Fsp3) is 0.167. The number of hydrogen-bond acceptors (Lipinski definition) is 2. The van der Waals surface area contributed by atoms with Crippen LogP contribution in [0.15, 0.2) is 48.5 Å². The topological polar surface area (TPSA) is 54.1 Å². The highest BCUT2D eigenvalue weighted by molar-refractivity contribution is 6.31. The van der Waals surface area contributed by atoms with E-state index in [0.29, 0.717) is 16.4 Å². The predicted octanol–water partition coefficient (Wildman–Crippen LogP) is 4.86. The number of amides is 1. The monoisotopic (exact) mass is 328 g/mol. The van der Waals surface area contributed by atoms with E-state index in [4.69, 9.17) is 16.3 Å². The highest BCUT2D eigenvalue weighted by Crippen LogP contribution is 2.21. The maximum absolute atomic E-state index is 12.3. The second-order valence-corrected chi connectivity index (χ2v) is 6.00. The molecule has 0 atom stereocenters. The van der Waals surface area contributed by atoms with Gasteiger partial charge in [-0.2, -0.15) is 0 Å². The standard InChI is InChI=1S/C18H17ClN2O2/c1-11(2)23-15-7-5-14(6-8-15)20-18(22)17-9-12-3-4-13(19)10-16(12)21-17/h3-11,21H,1-2H3,(H,20,22). The second-order valence-electron chi connectivity index (χ2n) is 5.56. The van der Waals surface area contributed by atoms with E-state index in [2.05, 4.69) is 10.3 Å². The minimum Gasteiger partial charge on any atom is -0.491 e. The van der Waals surface area contributed by atoms with Gasteiger partial charge in [0, 0.05) is 21.6 Å². The fourth-order valence-corrected chi connectivity index (χ4v) is 2.48. The van der Waals surface area contributed by atoms with Crippen LogP contribution >= 0.6 is 11.6 Å². The first-order valence-electron chi connectivity index (χ1n) is 7.37. The first-order valence-corrected chi connectivity index (χ1v) is 7.75. The van der Waals surface area contributed by atoms with Crippen LogP contribution in [0.1, 0.15) is 24.3 Å². The van der Waals surface area contributed by atoms with Crippen LogP contribution in [0.2, 0.25) is 5.02 Å². The molecule has 2 aromatic carbocycles. The molecule has 0 aliphatic carbocycles. The van der Waals surface area contributed by atoms with Gasteiger partial charge in [-0.1, -0.05) is 17.7 Å². The number of benzene rings is 2. The van der Waals surface area contributed by atoms with Crippen molar-refractivity contribution >= 4 is 34.1 Å². The van der Waals surface area contributed by atoms with Gasteiger partial charge in [0.2, 0.25) is 0 Å². The number of ether oxygens (including phenoxy) is 1. The van der Waals surface area contributed by atoms with E-state index in [1.165, 1.54) is 0 Å². The summed E-state index contributed by atoms with van der Waals surface area (Å²) in [5, 5.41) is 4.43. The smallest absolute Gasteiger partial charge is 0.272 e. The van der Waals surface area contributed by atoms with Crippen molar-refractivity contribution in [2.45, 2.75) is 20.0 Å². The Morgan fingerprint density at radius 2 is 1.87 bits per heavy atom. The summed E-state index contributed by atoms with van der Waals surface area (Å²) in [5.41, 5.74) is 2.04. The van der Waals surface area contributed by atoms with Crippen molar-refractivity contribution in [3.8, 4) is 5.75 Å². The molecule has 0 saturated heterocycles. The number of rotatable bonds is 4. The second kappa shape index (κ2) is 6.34. The van der Waals surface area contributed by atoms with E-state index in [0.717, 1.165) is 16.7 Å². The maximum Gasteiger partial charge on any atom is 0.272 e. The van der Waals surface area contributed by atoms with E-state index in [1.54, 1.807) is 18.2 Å². The molecule has 3 rings (SSSR count). The molecule has 4 nitrogen and oxygen atoms in total. The molecule has 0 fully saturated rings. The lowest BCUT2D eigenvalue weighted by molar-refractivity contribution is 0.102. The number of hydrogen-bond donors (Lipinski definition) is 2. The van der Waals surface area contributed by atoms with Crippen LogP contribution < -0.4 is 10.1 Å². The molecular formula is C18H17ClN2O2. The van der Waals surface area contributed by atoms with E-state index < -0.39 is 0 Å². The molecule has 0 radical (unpaired) electrons. The molecule has 0 aliphatic rings. The number of H-pyrrole nitrogens is 1. The first-order chi connectivity index (χ1) is 11.0. The molecule has 0 spiro atoms. The fourth-order valence-electron chi connectivity index (χ4n) is 2.31. The largest absolute Gasteiger partial charge is 0.491 e. The van der Waals surface area contributed by atoms with Crippen molar-refractivity contribution in [3.05, 3.63) is 59.2 Å². The number of halogens is 1. The number of fused-ring (bicyclic) bond motifs is 1. The van der Waals surface area contributed by atoms with Crippen LogP contribution in [0.4, 0.5) is 5.69 Å². The lowest BCUT2D eigenvalue weighted by Gasteiger charge is -2.10. The summed E-state index contributed by atoms with van der Waals surface area (Å²) in [6.07, 6.45) is 0.119. The summed E-state index contributed by atoms with van der Waals surface area (Å²) in [6.45, 7) is 3.94. The highest BCUT2D eigenvalue weighted by Gasteiger charge is 2.10. The lowest BCUT2D eigenvalue weighted by atomic mass is 10.2. The third-order valence-electron chi connectivity index (χ3n) is 3.31. The number of carbonyl (C=O) groups is 1. The van der Waals surface area contributed by atoms with E-state index >= 15 is 0 Å². The molecule has 0 aliphatic heterocycles. The Kier molecular flexibility index (Phi) is 4.26. The Balaban J connectivity index is 1.74. The molecule has 23 heavy (non-hydrogen) atoms. The number of aromatic amines is 1. The first kappa shape index (κ1) is 15.4. The van der Waals surface area contributed by atoms with Crippen LogP contribution in [0.5, 0.6) is 5.75 Å². The highest BCUT2D eigenvalue weighted by atomic mass is 35.5. The summed E-state index contributed by atoms with van der Waals surface area (Å²) >= 11 is 5.96. The van der Waals surface area contributed by atoms with Gasteiger partial charge in [0.05, 0.1) is 6.10 Å². The third kappa shape index (κ3) is 3.66. The van der Waals surface area contributed by atoms with E-state index in [1.807, 2.05) is 44.2 Å². The number of aromatic nitrogens is 1. The number of anilines is 1. The molecule has 0 unspecified atom stereocenters. The SMILES string of the molecule is CC(C)Oc1ccc(NC(=O)c2cc3ccc(Cl)cc3[nH]2)cc1. The Morgan fingerprint density at radius 1 is 1.13 bits per heavy atom. The van der Waals surface area contributed by atoms with Gasteiger partial charge in [-0.15, -0.1) is 0 Å². The molecule has 118 valence electrons. The Labute approximate surface area is 139 Å². The van der Waals surface area contributed by atoms with Gasteiger partial charge >= 0.3 is 0 Å². The molecule has 2 N–H and O–H groups in total. The van der Waals surface area contributed by atoms with E-state index in [-0.39, 0.29) is 12.0 Å². The number of carbonyl (C=O) groups excluding carboxylic acids is 1. The number of nitrogens with one attached hydrogen (secondary N) is 2. The molecule has 0 bridgehead atoms. The van der Waals surface area contributed by atoms with Crippen molar-refractivity contribution in [2.24, 2.45) is 0 Å². The summed E-state index contributed by atoms with van der Waals surface area (Å²) in [5.74, 6) is 0.577. The summed E-state index contributed by atoms with van der Waals surface area (Å²) in [4.78, 5) is 15.4. The van der Waals surface area contributed by atoms with Crippen LogP contribution in [0, 0.1) is 0 Å². The van der Waals surface area contributed by atoms with Gasteiger partial charge in [-0.3, -0.25) is 4.79 Å². The molecule has 3 aromatic rings. The third-order valence-corrected chi connectivity index (χ3v) is 3.55. The zero-order chi connectivity index (χ0) is 16.4. The van der Waals surface area contributed by atoms with Gasteiger partial charge in [0.25, 0.3) is 5.91 Å². The minimum atomic E-state index is -0.199. The van der Waals surface area contributed by atoms with Crippen molar-refractivity contribution < 1.29 is 9.53 Å². The van der Waals surface area contributed by atoms with E-state index in [9.17, 15) is 4.79 Å². The van der Waals surface area contributed by atoms with Crippen LogP contribution in [-0.2, 0) is 0 Å². The van der Waals surface area contributed by atoms with Crippen LogP contribution in [0.3, 0.4) is 0 Å². The Hall–Kier alpha value is -2.46. The van der Waals surface area contributed by atoms with Crippen molar-refractivity contribution in [2.75, 3.05) is 5.32 Å². The Bertz CT molecular complexity index is 838. The zero-order valence-corrected chi connectivity index (χ0v) is 13.6. The lowest BCUT2D eigenvalue weighted by Crippen LogP contribution is -2.12. The maximum atomic E-state index is 12.3. The van der Waals surface area contributed by atoms with Crippen LogP contribution in [0.25, 0.3) is 10.9 Å². The van der Waals surface area contributed by atoms with Gasteiger partial charge in [0.1, 0.15) is 11.4 Å². The zero-order valence-electron chi connectivity index (χ0n) is 12.9. The summed E-state index contributed by atoms with van der Waals surface area (Å²) < 4.78 is 5.58. The molecule has 1 heterocycles. The van der Waals surface area contributed by atoms with Gasteiger partial charge in [-0.25, -0.2) is 0 Å². The van der Waals surface area contributed by atoms with Gasteiger partial charge in [0.15, 0.2) is 0 Å². The summed E-state index contributed by atoms with van der Waals surface area (Å²) in [6, 6.07) is 14.6. The van der Waals surface area contributed by atoms with Gasteiger partial charge in [-0.05, 0) is 56.3 Å². The predicted molar refractivity (Wildman–Crippen MR) is 93.5 cm³/mol. The molecule has 1 amide bonds. The molecule has 0 saturated carbocycles. The molecule has 1 aromatic heterocycles. The van der Waals surface area contributed by atoms with Gasteiger partial charge < -0.3 is 15.0 Å². The van der Waals surface area contributed by atoms with Crippen LogP contribution in [-0.4, -0.2) is 17.0 Å². The molecule has 5 heteroatoms. The average molecular weight is 329 g/mol. The van der Waals surface area contributed by atoms with Crippen molar-refractivity contribution in [1.82, 2.24) is 4.98 Å².